The third kappa shape index (κ3) is 7.63. The van der Waals surface area contributed by atoms with E-state index < -0.39 is 0 Å². The van der Waals surface area contributed by atoms with E-state index in [1.54, 1.807) is 0 Å². The number of aliphatic imine (C=N–C) groups is 1. The average Bonchev–Trinajstić information content (AvgIpc) is 2.84. The van der Waals surface area contributed by atoms with Gasteiger partial charge in [0.1, 0.15) is 0 Å². The highest BCUT2D eigenvalue weighted by atomic mass is 16.5. The number of benzene rings is 2. The van der Waals surface area contributed by atoms with Crippen LogP contribution in [-0.4, -0.2) is 23.9 Å². The predicted molar refractivity (Wildman–Crippen MR) is 145 cm³/mol. The minimum atomic E-state index is 0.0603. The SMILES string of the molecule is CCCc1cccc(-c2ccc(C(CCCOCC(C)C)=NC(C)c3cccnc3)c(C)c2)c1. The second-order valence-electron chi connectivity index (χ2n) is 9.59. The van der Waals surface area contributed by atoms with Gasteiger partial charge in [0.15, 0.2) is 0 Å². The van der Waals surface area contributed by atoms with Gasteiger partial charge in [-0.3, -0.25) is 9.98 Å². The van der Waals surface area contributed by atoms with Gasteiger partial charge in [-0.25, -0.2) is 0 Å². The van der Waals surface area contributed by atoms with Crippen LogP contribution >= 0.6 is 0 Å². The molecule has 2 aromatic carbocycles. The molecule has 0 saturated heterocycles. The maximum absolute atomic E-state index is 5.84. The first-order valence-corrected chi connectivity index (χ1v) is 12.7. The van der Waals surface area contributed by atoms with E-state index in [-0.39, 0.29) is 6.04 Å². The number of hydrogen-bond donors (Lipinski definition) is 0. The molecule has 0 saturated carbocycles. The molecule has 1 aromatic heterocycles. The topological polar surface area (TPSA) is 34.5 Å². The zero-order chi connectivity index (χ0) is 24.3. The molecule has 1 heterocycles. The molecule has 1 unspecified atom stereocenters. The number of nitrogens with zero attached hydrogens (tertiary/aromatic N) is 2. The van der Waals surface area contributed by atoms with Crippen LogP contribution in [0.2, 0.25) is 0 Å². The Bertz CT molecular complexity index is 1060. The number of rotatable bonds is 12. The summed E-state index contributed by atoms with van der Waals surface area (Å²) in [7, 11) is 0. The zero-order valence-electron chi connectivity index (χ0n) is 21.6. The summed E-state index contributed by atoms with van der Waals surface area (Å²) in [6, 6.07) is 19.9. The average molecular weight is 457 g/mol. The standard InChI is InChI=1S/C31H40N2O/c1-6-10-26-11-7-12-27(20-26)28-15-16-30(24(4)19-28)31(14-9-18-34-22-23(2)3)33-25(5)29-13-8-17-32-21-29/h7-8,11-13,15-17,19-21,23,25H,6,9-10,14,18,22H2,1-5H3. The molecule has 3 rings (SSSR count). The van der Waals surface area contributed by atoms with Crippen molar-refractivity contribution >= 4 is 5.71 Å². The van der Waals surface area contributed by atoms with E-state index in [0.29, 0.717) is 5.92 Å². The minimum Gasteiger partial charge on any atom is -0.381 e. The number of aryl methyl sites for hydroxylation is 2. The fraction of sp³-hybridized carbons (Fsp3) is 0.419. The van der Waals surface area contributed by atoms with Gasteiger partial charge in [0.2, 0.25) is 0 Å². The lowest BCUT2D eigenvalue weighted by molar-refractivity contribution is 0.109. The third-order valence-electron chi connectivity index (χ3n) is 6.01. The Kier molecular flexibility index (Phi) is 10.0. The highest BCUT2D eigenvalue weighted by Crippen LogP contribution is 2.26. The van der Waals surface area contributed by atoms with Crippen molar-refractivity contribution in [1.29, 1.82) is 0 Å². The van der Waals surface area contributed by atoms with Crippen molar-refractivity contribution in [3.8, 4) is 11.1 Å². The molecule has 0 fully saturated rings. The molecule has 0 radical (unpaired) electrons. The highest BCUT2D eigenvalue weighted by Gasteiger charge is 2.12. The summed E-state index contributed by atoms with van der Waals surface area (Å²) < 4.78 is 5.84. The summed E-state index contributed by atoms with van der Waals surface area (Å²) in [6.07, 6.45) is 7.87. The lowest BCUT2D eigenvalue weighted by Crippen LogP contribution is -2.09. The molecule has 0 amide bonds. The Hall–Kier alpha value is -2.78. The van der Waals surface area contributed by atoms with Crippen molar-refractivity contribution in [2.75, 3.05) is 13.2 Å². The molecular formula is C31H40N2O. The molecule has 3 heteroatoms. The summed E-state index contributed by atoms with van der Waals surface area (Å²) in [5.74, 6) is 0.560. The van der Waals surface area contributed by atoms with Gasteiger partial charge in [-0.15, -0.1) is 0 Å². The number of hydrogen-bond acceptors (Lipinski definition) is 3. The molecule has 0 N–H and O–H groups in total. The van der Waals surface area contributed by atoms with Crippen molar-refractivity contribution < 1.29 is 4.74 Å². The quantitative estimate of drug-likeness (QED) is 0.204. The predicted octanol–water partition coefficient (Wildman–Crippen LogP) is 8.01. The third-order valence-corrected chi connectivity index (χ3v) is 6.01. The van der Waals surface area contributed by atoms with Crippen LogP contribution in [0.5, 0.6) is 0 Å². The van der Waals surface area contributed by atoms with E-state index in [9.17, 15) is 0 Å². The molecule has 3 aromatic rings. The van der Waals surface area contributed by atoms with Gasteiger partial charge in [-0.2, -0.15) is 0 Å². The van der Waals surface area contributed by atoms with Crippen LogP contribution < -0.4 is 0 Å². The number of pyridine rings is 1. The molecule has 34 heavy (non-hydrogen) atoms. The maximum atomic E-state index is 5.84. The molecule has 0 bridgehead atoms. The summed E-state index contributed by atoms with van der Waals surface area (Å²) in [4.78, 5) is 9.45. The molecule has 0 aliphatic heterocycles. The van der Waals surface area contributed by atoms with Crippen molar-refractivity contribution in [1.82, 2.24) is 4.98 Å². The van der Waals surface area contributed by atoms with Crippen LogP contribution in [0.4, 0.5) is 0 Å². The first-order chi connectivity index (χ1) is 16.5. The first-order valence-electron chi connectivity index (χ1n) is 12.7. The fourth-order valence-electron chi connectivity index (χ4n) is 4.22. The Morgan fingerprint density at radius 1 is 1.00 bits per heavy atom. The molecule has 1 atom stereocenters. The van der Waals surface area contributed by atoms with Crippen LogP contribution in [0.1, 0.15) is 75.3 Å². The van der Waals surface area contributed by atoms with Gasteiger partial charge >= 0.3 is 0 Å². The monoisotopic (exact) mass is 456 g/mol. The molecule has 0 aliphatic carbocycles. The van der Waals surface area contributed by atoms with Gasteiger partial charge < -0.3 is 4.74 Å². The van der Waals surface area contributed by atoms with Gasteiger partial charge in [0.05, 0.1) is 6.04 Å². The molecule has 0 aliphatic rings. The molecule has 180 valence electrons. The van der Waals surface area contributed by atoms with E-state index in [4.69, 9.17) is 9.73 Å². The first kappa shape index (κ1) is 25.8. The number of aromatic nitrogens is 1. The molecule has 0 spiro atoms. The van der Waals surface area contributed by atoms with E-state index >= 15 is 0 Å². The summed E-state index contributed by atoms with van der Waals surface area (Å²) in [6.45, 7) is 12.5. The molecular weight excluding hydrogens is 416 g/mol. The fourth-order valence-corrected chi connectivity index (χ4v) is 4.22. The highest BCUT2D eigenvalue weighted by molar-refractivity contribution is 6.02. The van der Waals surface area contributed by atoms with Gasteiger partial charge in [-0.1, -0.05) is 75.7 Å². The van der Waals surface area contributed by atoms with E-state index in [0.717, 1.165) is 50.2 Å². The van der Waals surface area contributed by atoms with Crippen molar-refractivity contribution in [2.45, 2.75) is 66.3 Å². The van der Waals surface area contributed by atoms with E-state index in [1.807, 2.05) is 18.5 Å². The lowest BCUT2D eigenvalue weighted by Gasteiger charge is -2.16. The van der Waals surface area contributed by atoms with Crippen LogP contribution in [0.25, 0.3) is 11.1 Å². The second kappa shape index (κ2) is 13.2. The largest absolute Gasteiger partial charge is 0.381 e. The summed E-state index contributed by atoms with van der Waals surface area (Å²) in [5.41, 5.74) is 8.72. The minimum absolute atomic E-state index is 0.0603. The van der Waals surface area contributed by atoms with Crippen LogP contribution in [0, 0.1) is 12.8 Å². The van der Waals surface area contributed by atoms with Gasteiger partial charge in [0.25, 0.3) is 0 Å². The normalized spacial score (nSPS) is 12.8. The van der Waals surface area contributed by atoms with E-state index in [1.165, 1.54) is 27.8 Å². The second-order valence-corrected chi connectivity index (χ2v) is 9.59. The summed E-state index contributed by atoms with van der Waals surface area (Å²) >= 11 is 0. The number of ether oxygens (including phenoxy) is 1. The molecule has 3 nitrogen and oxygen atoms in total. The van der Waals surface area contributed by atoms with Crippen molar-refractivity contribution in [3.63, 3.8) is 0 Å². The summed E-state index contributed by atoms with van der Waals surface area (Å²) in [5, 5.41) is 0. The van der Waals surface area contributed by atoms with Gasteiger partial charge in [0, 0.05) is 31.3 Å². The van der Waals surface area contributed by atoms with Crippen molar-refractivity contribution in [2.24, 2.45) is 10.9 Å². The Labute approximate surface area is 206 Å². The smallest absolute Gasteiger partial charge is 0.0739 e. The Morgan fingerprint density at radius 3 is 2.53 bits per heavy atom. The Balaban J connectivity index is 1.85. The Morgan fingerprint density at radius 2 is 1.82 bits per heavy atom. The lowest BCUT2D eigenvalue weighted by atomic mass is 9.94. The van der Waals surface area contributed by atoms with Crippen LogP contribution in [0.3, 0.4) is 0 Å². The van der Waals surface area contributed by atoms with Gasteiger partial charge in [-0.05, 0) is 78.5 Å². The van der Waals surface area contributed by atoms with Crippen LogP contribution in [0.15, 0.2) is 72.0 Å². The van der Waals surface area contributed by atoms with E-state index in [2.05, 4.69) is 88.1 Å². The van der Waals surface area contributed by atoms with Crippen molar-refractivity contribution in [3.05, 3.63) is 89.2 Å². The van der Waals surface area contributed by atoms with Crippen LogP contribution in [-0.2, 0) is 11.2 Å². The maximum Gasteiger partial charge on any atom is 0.0739 e. The zero-order valence-corrected chi connectivity index (χ0v) is 21.6.